The van der Waals surface area contributed by atoms with E-state index in [9.17, 15) is 9.59 Å². The lowest BCUT2D eigenvalue weighted by Gasteiger charge is -2.10. The number of carbonyl (C=O) groups excluding carboxylic acids is 2. The minimum atomic E-state index is -0.470. The number of methoxy groups -OCH3 is 1. The first-order chi connectivity index (χ1) is 15.9. The highest BCUT2D eigenvalue weighted by Crippen LogP contribution is 2.32. The van der Waals surface area contributed by atoms with Gasteiger partial charge in [0.2, 0.25) is 0 Å². The smallest absolute Gasteiger partial charge is 0.343 e. The summed E-state index contributed by atoms with van der Waals surface area (Å²) in [6, 6.07) is 20.0. The molecule has 0 atom stereocenters. The van der Waals surface area contributed by atoms with Crippen LogP contribution in [0.3, 0.4) is 0 Å². The van der Waals surface area contributed by atoms with Crippen molar-refractivity contribution in [3.8, 4) is 11.5 Å². The third-order valence-corrected chi connectivity index (χ3v) is 5.80. The summed E-state index contributed by atoms with van der Waals surface area (Å²) in [5.74, 6) is -0.000990. The van der Waals surface area contributed by atoms with Crippen molar-refractivity contribution < 1.29 is 19.1 Å². The number of amidine groups is 1. The Kier molecular flexibility index (Phi) is 6.60. The van der Waals surface area contributed by atoms with Gasteiger partial charge in [-0.25, -0.2) is 9.79 Å². The molecule has 3 aromatic carbocycles. The third-order valence-electron chi connectivity index (χ3n) is 4.89. The number of aliphatic imine (C=N–C) groups is 1. The summed E-state index contributed by atoms with van der Waals surface area (Å²) in [4.78, 5) is 29.8. The maximum absolute atomic E-state index is 12.4. The number of hydrogen-bond donors (Lipinski definition) is 1. The van der Waals surface area contributed by atoms with Crippen LogP contribution in [0.1, 0.15) is 27.0 Å². The van der Waals surface area contributed by atoms with Gasteiger partial charge in [-0.2, -0.15) is 0 Å². The van der Waals surface area contributed by atoms with Gasteiger partial charge in [0.15, 0.2) is 16.7 Å². The van der Waals surface area contributed by atoms with Crippen LogP contribution in [0.2, 0.25) is 0 Å². The Morgan fingerprint density at radius 1 is 0.939 bits per heavy atom. The zero-order valence-corrected chi connectivity index (χ0v) is 19.2. The van der Waals surface area contributed by atoms with E-state index in [2.05, 4.69) is 10.3 Å². The van der Waals surface area contributed by atoms with Crippen molar-refractivity contribution in [3.63, 3.8) is 0 Å². The monoisotopic (exact) mass is 458 g/mol. The highest BCUT2D eigenvalue weighted by molar-refractivity contribution is 8.18. The van der Waals surface area contributed by atoms with Crippen LogP contribution in [0, 0.1) is 13.8 Å². The zero-order valence-electron chi connectivity index (χ0n) is 18.4. The predicted octanol–water partition coefficient (Wildman–Crippen LogP) is 5.42. The molecule has 0 spiro atoms. The van der Waals surface area contributed by atoms with Gasteiger partial charge in [0.25, 0.3) is 5.91 Å². The van der Waals surface area contributed by atoms with Crippen LogP contribution >= 0.6 is 11.8 Å². The molecule has 0 bridgehead atoms. The number of thioether (sulfide) groups is 1. The van der Waals surface area contributed by atoms with Crippen molar-refractivity contribution >= 4 is 40.6 Å². The van der Waals surface area contributed by atoms with E-state index in [1.165, 1.54) is 18.9 Å². The number of aryl methyl sites for hydroxylation is 2. The standard InChI is InChI=1S/C26H22N2O4S/c1-16-4-9-19(10-5-16)25(30)32-21-13-8-18(14-22(21)31-3)15-23-24(29)28-26(33-23)27-20-11-6-17(2)7-12-20/h4-15H,1-3H3,(H,27,28,29)/b23-15-. The lowest BCUT2D eigenvalue weighted by molar-refractivity contribution is -0.115. The molecule has 0 unspecified atom stereocenters. The quantitative estimate of drug-likeness (QED) is 0.314. The maximum Gasteiger partial charge on any atom is 0.343 e. The number of nitrogens with one attached hydrogen (secondary N) is 1. The molecule has 1 saturated heterocycles. The number of benzene rings is 3. The Labute approximate surface area is 196 Å². The minimum Gasteiger partial charge on any atom is -0.493 e. The first-order valence-corrected chi connectivity index (χ1v) is 11.1. The van der Waals surface area contributed by atoms with E-state index in [4.69, 9.17) is 9.47 Å². The summed E-state index contributed by atoms with van der Waals surface area (Å²) >= 11 is 1.26. The molecule has 1 amide bonds. The van der Waals surface area contributed by atoms with Crippen LogP contribution in [0.4, 0.5) is 5.69 Å². The van der Waals surface area contributed by atoms with Crippen LogP contribution < -0.4 is 14.8 Å². The van der Waals surface area contributed by atoms with E-state index in [0.717, 1.165) is 22.4 Å². The average molecular weight is 459 g/mol. The molecule has 166 valence electrons. The second-order valence-electron chi connectivity index (χ2n) is 7.48. The van der Waals surface area contributed by atoms with Gasteiger partial charge in [-0.05, 0) is 73.6 Å². The van der Waals surface area contributed by atoms with Gasteiger partial charge in [-0.1, -0.05) is 41.5 Å². The summed E-state index contributed by atoms with van der Waals surface area (Å²) in [5, 5.41) is 3.30. The Morgan fingerprint density at radius 3 is 2.27 bits per heavy atom. The molecule has 3 aromatic rings. The topological polar surface area (TPSA) is 77.0 Å². The fourth-order valence-electron chi connectivity index (χ4n) is 3.08. The molecule has 1 fully saturated rings. The van der Waals surface area contributed by atoms with E-state index < -0.39 is 5.97 Å². The van der Waals surface area contributed by atoms with Crippen molar-refractivity contribution in [1.29, 1.82) is 0 Å². The van der Waals surface area contributed by atoms with Crippen molar-refractivity contribution in [1.82, 2.24) is 5.32 Å². The van der Waals surface area contributed by atoms with Gasteiger partial charge >= 0.3 is 5.97 Å². The largest absolute Gasteiger partial charge is 0.493 e. The van der Waals surface area contributed by atoms with Crippen molar-refractivity contribution in [2.75, 3.05) is 7.11 Å². The lowest BCUT2D eigenvalue weighted by Crippen LogP contribution is -2.19. The molecule has 0 aromatic heterocycles. The summed E-state index contributed by atoms with van der Waals surface area (Å²) in [7, 11) is 1.50. The number of carbonyl (C=O) groups is 2. The number of ether oxygens (including phenoxy) is 2. The summed E-state index contributed by atoms with van der Waals surface area (Å²) in [6.07, 6.45) is 1.74. The molecule has 33 heavy (non-hydrogen) atoms. The van der Waals surface area contributed by atoms with Gasteiger partial charge in [-0.15, -0.1) is 0 Å². The molecule has 0 saturated carbocycles. The van der Waals surface area contributed by atoms with Crippen molar-refractivity contribution in [2.45, 2.75) is 13.8 Å². The van der Waals surface area contributed by atoms with E-state index in [-0.39, 0.29) is 5.91 Å². The fraction of sp³-hybridized carbons (Fsp3) is 0.115. The van der Waals surface area contributed by atoms with E-state index >= 15 is 0 Å². The molecular weight excluding hydrogens is 436 g/mol. The Hall–Kier alpha value is -3.84. The van der Waals surface area contributed by atoms with Crippen LogP contribution in [-0.2, 0) is 4.79 Å². The van der Waals surface area contributed by atoms with Crippen molar-refractivity contribution in [3.05, 3.63) is 93.9 Å². The SMILES string of the molecule is COc1cc(/C=C2\SC(=Nc3ccc(C)cc3)NC2=O)ccc1OC(=O)c1ccc(C)cc1. The van der Waals surface area contributed by atoms with Gasteiger partial charge in [0.05, 0.1) is 23.3 Å². The third kappa shape index (κ3) is 5.51. The predicted molar refractivity (Wildman–Crippen MR) is 131 cm³/mol. The second-order valence-corrected chi connectivity index (χ2v) is 8.51. The Balaban J connectivity index is 1.51. The number of hydrogen-bond acceptors (Lipinski definition) is 6. The van der Waals surface area contributed by atoms with Crippen molar-refractivity contribution in [2.24, 2.45) is 4.99 Å². The van der Waals surface area contributed by atoms with E-state index in [0.29, 0.717) is 27.1 Å². The average Bonchev–Trinajstić information content (AvgIpc) is 3.15. The molecule has 1 N–H and O–H groups in total. The van der Waals surface area contributed by atoms with Gasteiger partial charge in [0.1, 0.15) is 0 Å². The summed E-state index contributed by atoms with van der Waals surface area (Å²) < 4.78 is 10.9. The molecule has 1 aliphatic heterocycles. The summed E-state index contributed by atoms with van der Waals surface area (Å²) in [6.45, 7) is 3.96. The second kappa shape index (κ2) is 9.75. The molecular formula is C26H22N2O4S. The minimum absolute atomic E-state index is 0.222. The van der Waals surface area contributed by atoms with Gasteiger partial charge in [0, 0.05) is 0 Å². The molecule has 1 heterocycles. The normalized spacial score (nSPS) is 15.5. The van der Waals surface area contributed by atoms with Crippen LogP contribution in [-0.4, -0.2) is 24.2 Å². The highest BCUT2D eigenvalue weighted by atomic mass is 32.2. The van der Waals surface area contributed by atoms with E-state index in [1.54, 1.807) is 36.4 Å². The molecule has 1 aliphatic rings. The first-order valence-electron chi connectivity index (χ1n) is 10.2. The Bertz CT molecular complexity index is 1260. The maximum atomic E-state index is 12.4. The highest BCUT2D eigenvalue weighted by Gasteiger charge is 2.24. The molecule has 0 radical (unpaired) electrons. The van der Waals surface area contributed by atoms with Gasteiger partial charge < -0.3 is 14.8 Å². The van der Waals surface area contributed by atoms with E-state index in [1.807, 2.05) is 50.2 Å². The fourth-order valence-corrected chi connectivity index (χ4v) is 3.92. The first kappa shape index (κ1) is 22.4. The molecule has 0 aliphatic carbocycles. The molecule has 6 nitrogen and oxygen atoms in total. The number of esters is 1. The number of amides is 1. The number of nitrogens with zero attached hydrogens (tertiary/aromatic N) is 1. The summed E-state index contributed by atoms with van der Waals surface area (Å²) in [5.41, 5.74) is 4.16. The zero-order chi connectivity index (χ0) is 23.4. The Morgan fingerprint density at radius 2 is 1.61 bits per heavy atom. The number of rotatable bonds is 5. The van der Waals surface area contributed by atoms with Gasteiger partial charge in [-0.3, -0.25) is 4.79 Å². The molecule has 4 rings (SSSR count). The lowest BCUT2D eigenvalue weighted by atomic mass is 10.1. The van der Waals surface area contributed by atoms with Crippen LogP contribution in [0.5, 0.6) is 11.5 Å². The molecule has 7 heteroatoms. The van der Waals surface area contributed by atoms with Crippen LogP contribution in [0.15, 0.2) is 76.6 Å². The van der Waals surface area contributed by atoms with Crippen LogP contribution in [0.25, 0.3) is 6.08 Å².